The largest absolute Gasteiger partial charge is 0.291 e. The van der Waals surface area contributed by atoms with E-state index in [1.165, 1.54) is 0 Å². The summed E-state index contributed by atoms with van der Waals surface area (Å²) in [5.74, 6) is 0. The van der Waals surface area contributed by atoms with E-state index in [9.17, 15) is 0 Å². The third-order valence-electron chi connectivity index (χ3n) is 1.42. The molecule has 0 saturated heterocycles. The Morgan fingerprint density at radius 1 is 1.00 bits per heavy atom. The van der Waals surface area contributed by atoms with E-state index in [2.05, 4.69) is 50.1 Å². The van der Waals surface area contributed by atoms with Crippen molar-refractivity contribution in [2.75, 3.05) is 28.2 Å². The zero-order chi connectivity index (χ0) is 8.15. The van der Waals surface area contributed by atoms with Crippen molar-refractivity contribution in [1.29, 1.82) is 0 Å². The highest BCUT2D eigenvalue weighted by molar-refractivity contribution is 4.88. The molecule has 2 nitrogen and oxygen atoms in total. The lowest BCUT2D eigenvalue weighted by atomic mass is 10.4. The predicted octanol–water partition coefficient (Wildman–Crippen LogP) is 1.01. The fourth-order valence-electron chi connectivity index (χ4n) is 0.978. The highest BCUT2D eigenvalue weighted by Crippen LogP contribution is 1.97. The van der Waals surface area contributed by atoms with Gasteiger partial charge in [0.1, 0.15) is 0 Å². The molecule has 0 heterocycles. The number of likely N-dealkylation sites (N-methyl/N-ethyl adjacent to an activating group) is 2. The molecule has 0 aromatic rings. The number of hydrogen-bond acceptors (Lipinski definition) is 2. The number of allylic oxidation sites excluding steroid dienone is 1. The van der Waals surface area contributed by atoms with Gasteiger partial charge in [0.05, 0.1) is 6.17 Å². The van der Waals surface area contributed by atoms with Crippen LogP contribution in [0.4, 0.5) is 0 Å². The van der Waals surface area contributed by atoms with Gasteiger partial charge in [0, 0.05) is 0 Å². The lowest BCUT2D eigenvalue weighted by Gasteiger charge is -2.27. The van der Waals surface area contributed by atoms with E-state index in [4.69, 9.17) is 0 Å². The van der Waals surface area contributed by atoms with Crippen molar-refractivity contribution in [3.05, 3.63) is 12.2 Å². The third-order valence-corrected chi connectivity index (χ3v) is 1.42. The second-order valence-electron chi connectivity index (χ2n) is 2.87. The maximum absolute atomic E-state index is 2.17. The van der Waals surface area contributed by atoms with E-state index in [0.29, 0.717) is 6.17 Å². The van der Waals surface area contributed by atoms with Gasteiger partial charge in [-0.2, -0.15) is 0 Å². The monoisotopic (exact) mass is 142 g/mol. The Bertz CT molecular complexity index is 97.8. The molecule has 0 aliphatic rings. The second kappa shape index (κ2) is 4.47. The summed E-state index contributed by atoms with van der Waals surface area (Å²) in [6.45, 7) is 2.04. The summed E-state index contributed by atoms with van der Waals surface area (Å²) in [7, 11) is 8.30. The Morgan fingerprint density at radius 2 is 1.40 bits per heavy atom. The quantitative estimate of drug-likeness (QED) is 0.428. The average molecular weight is 142 g/mol. The van der Waals surface area contributed by atoms with E-state index >= 15 is 0 Å². The molecule has 0 spiro atoms. The smallest absolute Gasteiger partial charge is 0.0804 e. The van der Waals surface area contributed by atoms with Gasteiger partial charge in [0.15, 0.2) is 0 Å². The maximum Gasteiger partial charge on any atom is 0.0804 e. The molecule has 0 saturated carbocycles. The zero-order valence-electron chi connectivity index (χ0n) is 7.63. The third kappa shape index (κ3) is 2.99. The minimum Gasteiger partial charge on any atom is -0.291 e. The van der Waals surface area contributed by atoms with E-state index in [1.54, 1.807) is 0 Å². The van der Waals surface area contributed by atoms with Gasteiger partial charge in [-0.3, -0.25) is 9.80 Å². The SMILES string of the molecule is C/C=C/C(N(C)C)N(C)C. The number of rotatable bonds is 3. The lowest BCUT2D eigenvalue weighted by molar-refractivity contribution is 0.173. The Morgan fingerprint density at radius 3 is 1.50 bits per heavy atom. The van der Waals surface area contributed by atoms with E-state index in [0.717, 1.165) is 0 Å². The molecular weight excluding hydrogens is 124 g/mol. The van der Waals surface area contributed by atoms with Gasteiger partial charge in [0.2, 0.25) is 0 Å². The van der Waals surface area contributed by atoms with E-state index in [-0.39, 0.29) is 0 Å². The molecule has 0 unspecified atom stereocenters. The number of nitrogens with zero attached hydrogens (tertiary/aromatic N) is 2. The minimum absolute atomic E-state index is 0.421. The molecule has 0 aliphatic carbocycles. The fraction of sp³-hybridized carbons (Fsp3) is 0.750. The summed E-state index contributed by atoms with van der Waals surface area (Å²) < 4.78 is 0. The molecule has 0 fully saturated rings. The predicted molar refractivity (Wildman–Crippen MR) is 46.0 cm³/mol. The lowest BCUT2D eigenvalue weighted by Crippen LogP contribution is -2.38. The van der Waals surface area contributed by atoms with Crippen LogP contribution < -0.4 is 0 Å². The van der Waals surface area contributed by atoms with Gasteiger partial charge in [-0.25, -0.2) is 0 Å². The molecule has 0 bridgehead atoms. The zero-order valence-corrected chi connectivity index (χ0v) is 7.63. The van der Waals surface area contributed by atoms with Crippen molar-refractivity contribution in [2.24, 2.45) is 0 Å². The molecule has 0 rings (SSSR count). The van der Waals surface area contributed by atoms with Crippen molar-refractivity contribution in [3.63, 3.8) is 0 Å². The van der Waals surface area contributed by atoms with Crippen LogP contribution in [0, 0.1) is 0 Å². The highest BCUT2D eigenvalue weighted by atomic mass is 15.3. The van der Waals surface area contributed by atoms with Crippen LogP contribution in [0.15, 0.2) is 12.2 Å². The van der Waals surface area contributed by atoms with Crippen molar-refractivity contribution < 1.29 is 0 Å². The fourth-order valence-corrected chi connectivity index (χ4v) is 0.978. The summed E-state index contributed by atoms with van der Waals surface area (Å²) in [5.41, 5.74) is 0. The van der Waals surface area contributed by atoms with Crippen molar-refractivity contribution in [2.45, 2.75) is 13.1 Å². The summed E-state index contributed by atoms with van der Waals surface area (Å²) in [5, 5.41) is 0. The first-order chi connectivity index (χ1) is 4.59. The molecule has 10 heavy (non-hydrogen) atoms. The van der Waals surface area contributed by atoms with Crippen LogP contribution in [0.2, 0.25) is 0 Å². The van der Waals surface area contributed by atoms with Crippen molar-refractivity contribution >= 4 is 0 Å². The Hall–Kier alpha value is -0.340. The highest BCUT2D eigenvalue weighted by Gasteiger charge is 2.07. The Kier molecular flexibility index (Phi) is 4.32. The van der Waals surface area contributed by atoms with Gasteiger partial charge in [0.25, 0.3) is 0 Å². The molecule has 0 N–H and O–H groups in total. The van der Waals surface area contributed by atoms with Crippen LogP contribution in [0.3, 0.4) is 0 Å². The average Bonchev–Trinajstić information content (AvgIpc) is 1.81. The molecular formula is C8H18N2. The van der Waals surface area contributed by atoms with Crippen molar-refractivity contribution in [3.8, 4) is 0 Å². The van der Waals surface area contributed by atoms with Crippen LogP contribution in [-0.4, -0.2) is 44.2 Å². The normalized spacial score (nSPS) is 12.8. The first-order valence-corrected chi connectivity index (χ1v) is 3.55. The van der Waals surface area contributed by atoms with Crippen LogP contribution >= 0.6 is 0 Å². The number of hydrogen-bond donors (Lipinski definition) is 0. The molecule has 2 heteroatoms. The van der Waals surface area contributed by atoms with Crippen LogP contribution in [0.25, 0.3) is 0 Å². The summed E-state index contributed by atoms with van der Waals surface area (Å²) in [4.78, 5) is 4.33. The van der Waals surface area contributed by atoms with E-state index in [1.807, 2.05) is 6.92 Å². The van der Waals surface area contributed by atoms with Gasteiger partial charge in [-0.15, -0.1) is 0 Å². The van der Waals surface area contributed by atoms with Gasteiger partial charge in [-0.05, 0) is 35.1 Å². The second-order valence-corrected chi connectivity index (χ2v) is 2.87. The maximum atomic E-state index is 2.17. The van der Waals surface area contributed by atoms with Gasteiger partial charge in [-0.1, -0.05) is 12.2 Å². The summed E-state index contributed by atoms with van der Waals surface area (Å²) >= 11 is 0. The van der Waals surface area contributed by atoms with Crippen LogP contribution in [0.5, 0.6) is 0 Å². The molecule has 0 radical (unpaired) electrons. The standard InChI is InChI=1S/C8H18N2/c1-6-7-8(9(2)3)10(4)5/h6-8H,1-5H3/b7-6+. The molecule has 0 atom stereocenters. The van der Waals surface area contributed by atoms with E-state index < -0.39 is 0 Å². The Balaban J connectivity index is 3.98. The molecule has 60 valence electrons. The van der Waals surface area contributed by atoms with Crippen LogP contribution in [-0.2, 0) is 0 Å². The van der Waals surface area contributed by atoms with Gasteiger partial charge >= 0.3 is 0 Å². The minimum atomic E-state index is 0.421. The molecule has 0 aromatic carbocycles. The first kappa shape index (κ1) is 9.66. The molecule has 0 amide bonds. The molecule has 0 aliphatic heterocycles. The van der Waals surface area contributed by atoms with Crippen molar-refractivity contribution in [1.82, 2.24) is 9.80 Å². The first-order valence-electron chi connectivity index (χ1n) is 3.55. The Labute approximate surface area is 64.1 Å². The topological polar surface area (TPSA) is 6.48 Å². The van der Waals surface area contributed by atoms with Gasteiger partial charge < -0.3 is 0 Å². The summed E-state index contributed by atoms with van der Waals surface area (Å²) in [6.07, 6.45) is 4.66. The van der Waals surface area contributed by atoms with Crippen LogP contribution in [0.1, 0.15) is 6.92 Å². The summed E-state index contributed by atoms with van der Waals surface area (Å²) in [6, 6.07) is 0. The molecule has 0 aromatic heterocycles.